The number of amides is 1. The van der Waals surface area contributed by atoms with E-state index in [1.807, 2.05) is 0 Å². The van der Waals surface area contributed by atoms with E-state index in [0.29, 0.717) is 0 Å². The highest BCUT2D eigenvalue weighted by atomic mass is 35.5. The molecule has 1 amide bonds. The first-order chi connectivity index (χ1) is 8.90. The lowest BCUT2D eigenvalue weighted by atomic mass is 10.0. The number of carboxylic acid groups (broad SMARTS) is 1. The lowest BCUT2D eigenvalue weighted by Gasteiger charge is -2.28. The fraction of sp³-hybridized carbons (Fsp3) is 0.385. The minimum atomic E-state index is -1.20. The average Bonchev–Trinajstić information content (AvgIpc) is 3.06. The van der Waals surface area contributed by atoms with Crippen LogP contribution >= 0.6 is 11.6 Å². The zero-order valence-electron chi connectivity index (χ0n) is 10.3. The van der Waals surface area contributed by atoms with Gasteiger partial charge in [-0.3, -0.25) is 4.79 Å². The molecule has 1 atom stereocenters. The molecule has 0 radical (unpaired) electrons. The van der Waals surface area contributed by atoms with E-state index in [1.165, 1.54) is 17.9 Å². The Morgan fingerprint density at radius 3 is 2.47 bits per heavy atom. The number of nitrogens with zero attached hydrogens (tertiary/aromatic N) is 1. The summed E-state index contributed by atoms with van der Waals surface area (Å²) in [4.78, 5) is 24.4. The Morgan fingerprint density at radius 2 is 2.05 bits per heavy atom. The quantitative estimate of drug-likeness (QED) is 0.925. The largest absolute Gasteiger partial charge is 0.479 e. The van der Waals surface area contributed by atoms with Crippen LogP contribution in [0.2, 0.25) is 5.02 Å². The predicted molar refractivity (Wildman–Crippen MR) is 67.3 cm³/mol. The molecule has 1 aliphatic rings. The number of carbonyl (C=O) groups excluding carboxylic acids is 1. The van der Waals surface area contributed by atoms with Gasteiger partial charge in [-0.1, -0.05) is 11.6 Å². The first-order valence-corrected chi connectivity index (χ1v) is 6.25. The molecule has 6 heteroatoms. The molecule has 1 aromatic carbocycles. The summed E-state index contributed by atoms with van der Waals surface area (Å²) in [6.07, 6.45) is 1.54. The van der Waals surface area contributed by atoms with Crippen LogP contribution in [0.15, 0.2) is 18.2 Å². The molecule has 0 saturated heterocycles. The fourth-order valence-electron chi connectivity index (χ4n) is 2.16. The minimum absolute atomic E-state index is 0.0827. The van der Waals surface area contributed by atoms with Crippen LogP contribution in [-0.4, -0.2) is 27.9 Å². The first kappa shape index (κ1) is 13.8. The van der Waals surface area contributed by atoms with Crippen LogP contribution in [0.1, 0.15) is 31.4 Å². The van der Waals surface area contributed by atoms with Gasteiger partial charge in [0.05, 0.1) is 0 Å². The molecule has 2 rings (SSSR count). The van der Waals surface area contributed by atoms with Crippen molar-refractivity contribution in [2.45, 2.75) is 31.8 Å². The van der Waals surface area contributed by atoms with Crippen molar-refractivity contribution in [2.24, 2.45) is 0 Å². The molecule has 19 heavy (non-hydrogen) atoms. The Hall–Kier alpha value is -1.62. The molecule has 102 valence electrons. The van der Waals surface area contributed by atoms with Gasteiger partial charge in [-0.15, -0.1) is 0 Å². The van der Waals surface area contributed by atoms with Gasteiger partial charge >= 0.3 is 5.97 Å². The van der Waals surface area contributed by atoms with Crippen LogP contribution in [0.3, 0.4) is 0 Å². The molecule has 1 aliphatic carbocycles. The number of hydrogen-bond acceptors (Lipinski definition) is 2. The van der Waals surface area contributed by atoms with E-state index in [4.69, 9.17) is 11.6 Å². The van der Waals surface area contributed by atoms with Crippen molar-refractivity contribution in [1.29, 1.82) is 0 Å². The number of benzene rings is 1. The van der Waals surface area contributed by atoms with E-state index in [2.05, 4.69) is 0 Å². The minimum Gasteiger partial charge on any atom is -0.479 e. The summed E-state index contributed by atoms with van der Waals surface area (Å²) < 4.78 is 13.4. The van der Waals surface area contributed by atoms with Crippen molar-refractivity contribution in [3.8, 4) is 0 Å². The van der Waals surface area contributed by atoms with Gasteiger partial charge in [-0.2, -0.15) is 0 Å². The number of hydrogen-bond donors (Lipinski definition) is 1. The Bertz CT molecular complexity index is 510. The normalized spacial score (nSPS) is 15.9. The molecule has 0 spiro atoms. The first-order valence-electron chi connectivity index (χ1n) is 5.88. The van der Waals surface area contributed by atoms with E-state index in [0.717, 1.165) is 25.0 Å². The SMILES string of the molecule is CC(=O)N(C1CC1)C(C(=O)O)c1cc(F)cc(Cl)c1. The molecule has 1 saturated carbocycles. The van der Waals surface area contributed by atoms with E-state index in [9.17, 15) is 19.1 Å². The Labute approximate surface area is 114 Å². The molecule has 4 nitrogen and oxygen atoms in total. The fourth-order valence-corrected chi connectivity index (χ4v) is 2.39. The number of halogens is 2. The molecule has 0 heterocycles. The lowest BCUT2D eigenvalue weighted by Crippen LogP contribution is -2.39. The summed E-state index contributed by atoms with van der Waals surface area (Å²) in [7, 11) is 0. The third kappa shape index (κ3) is 3.04. The highest BCUT2D eigenvalue weighted by molar-refractivity contribution is 6.30. The maximum Gasteiger partial charge on any atom is 0.331 e. The van der Waals surface area contributed by atoms with Gasteiger partial charge in [-0.05, 0) is 36.6 Å². The van der Waals surface area contributed by atoms with Crippen LogP contribution in [0.25, 0.3) is 0 Å². The van der Waals surface area contributed by atoms with Crippen LogP contribution in [-0.2, 0) is 9.59 Å². The third-order valence-corrected chi connectivity index (χ3v) is 3.23. The van der Waals surface area contributed by atoms with Crippen molar-refractivity contribution in [3.05, 3.63) is 34.6 Å². The number of rotatable bonds is 4. The Balaban J connectivity index is 2.43. The standard InChI is InChI=1S/C13H13ClFNO3/c1-7(17)16(11-2-3-11)12(13(18)19)8-4-9(14)6-10(15)5-8/h4-6,11-12H,2-3H2,1H3,(H,18,19). The molecule has 1 fully saturated rings. The van der Waals surface area contributed by atoms with Gasteiger partial charge in [0.25, 0.3) is 0 Å². The highest BCUT2D eigenvalue weighted by Gasteiger charge is 2.40. The molecule has 0 bridgehead atoms. The Kier molecular flexibility index (Phi) is 3.75. The predicted octanol–water partition coefficient (Wildman–Crippen LogP) is 2.62. The van der Waals surface area contributed by atoms with Gasteiger partial charge in [0, 0.05) is 18.0 Å². The topological polar surface area (TPSA) is 57.6 Å². The van der Waals surface area contributed by atoms with Gasteiger partial charge in [0.1, 0.15) is 5.82 Å². The maximum atomic E-state index is 13.4. The van der Waals surface area contributed by atoms with Crippen molar-refractivity contribution in [1.82, 2.24) is 4.90 Å². The monoisotopic (exact) mass is 285 g/mol. The molecule has 1 unspecified atom stereocenters. The van der Waals surface area contributed by atoms with E-state index in [1.54, 1.807) is 0 Å². The second kappa shape index (κ2) is 5.17. The van der Waals surface area contributed by atoms with E-state index < -0.39 is 17.8 Å². The smallest absolute Gasteiger partial charge is 0.331 e. The second-order valence-electron chi connectivity index (χ2n) is 4.60. The summed E-state index contributed by atoms with van der Waals surface area (Å²) in [6, 6.07) is 2.29. The summed E-state index contributed by atoms with van der Waals surface area (Å²) in [6.45, 7) is 1.31. The second-order valence-corrected chi connectivity index (χ2v) is 5.04. The van der Waals surface area contributed by atoms with Crippen LogP contribution in [0, 0.1) is 5.82 Å². The number of carbonyl (C=O) groups is 2. The van der Waals surface area contributed by atoms with Crippen LogP contribution in [0.4, 0.5) is 4.39 Å². The van der Waals surface area contributed by atoms with Crippen molar-refractivity contribution in [2.75, 3.05) is 0 Å². The zero-order chi connectivity index (χ0) is 14.2. The summed E-state index contributed by atoms with van der Waals surface area (Å²) in [5.41, 5.74) is 0.180. The number of aliphatic carboxylic acids is 1. The average molecular weight is 286 g/mol. The van der Waals surface area contributed by atoms with Crippen molar-refractivity contribution in [3.63, 3.8) is 0 Å². The van der Waals surface area contributed by atoms with Crippen LogP contribution in [0.5, 0.6) is 0 Å². The van der Waals surface area contributed by atoms with Crippen molar-refractivity contribution >= 4 is 23.5 Å². The maximum absolute atomic E-state index is 13.4. The molecule has 1 aromatic rings. The molecule has 0 aliphatic heterocycles. The summed E-state index contributed by atoms with van der Waals surface area (Å²) in [5.74, 6) is -2.15. The van der Waals surface area contributed by atoms with E-state index >= 15 is 0 Å². The zero-order valence-corrected chi connectivity index (χ0v) is 11.0. The highest BCUT2D eigenvalue weighted by Crippen LogP contribution is 2.35. The van der Waals surface area contributed by atoms with Crippen molar-refractivity contribution < 1.29 is 19.1 Å². The molecule has 0 aromatic heterocycles. The van der Waals surface area contributed by atoms with Gasteiger partial charge in [0.2, 0.25) is 5.91 Å². The van der Waals surface area contributed by atoms with Gasteiger partial charge in [-0.25, -0.2) is 9.18 Å². The van der Waals surface area contributed by atoms with E-state index in [-0.39, 0.29) is 22.5 Å². The molecular formula is C13H13ClFNO3. The third-order valence-electron chi connectivity index (χ3n) is 3.02. The van der Waals surface area contributed by atoms with Gasteiger partial charge < -0.3 is 10.0 Å². The number of carboxylic acids is 1. The summed E-state index contributed by atoms with van der Waals surface area (Å²) in [5, 5.41) is 9.46. The van der Waals surface area contributed by atoms with Crippen LogP contribution < -0.4 is 0 Å². The molecular weight excluding hydrogens is 273 g/mol. The van der Waals surface area contributed by atoms with Gasteiger partial charge in [0.15, 0.2) is 6.04 Å². The molecule has 1 N–H and O–H groups in total. The Morgan fingerprint density at radius 1 is 1.42 bits per heavy atom. The summed E-state index contributed by atoms with van der Waals surface area (Å²) >= 11 is 5.74. The lowest BCUT2D eigenvalue weighted by molar-refractivity contribution is -0.150.